The fourth-order valence-corrected chi connectivity index (χ4v) is 0.749. The van der Waals surface area contributed by atoms with Crippen LogP contribution in [-0.4, -0.2) is 28.6 Å². The van der Waals surface area contributed by atoms with E-state index in [9.17, 15) is 18.0 Å². The fraction of sp³-hybridized carbons (Fsp3) is 0.286. The maximum absolute atomic E-state index is 11.8. The number of anilines is 1. The summed E-state index contributed by atoms with van der Waals surface area (Å²) in [5, 5.41) is 2.05. The van der Waals surface area contributed by atoms with Crippen molar-refractivity contribution in [2.75, 3.05) is 11.9 Å². The van der Waals surface area contributed by atoms with Gasteiger partial charge in [-0.1, -0.05) is 0 Å². The van der Waals surface area contributed by atoms with Crippen LogP contribution in [0.1, 0.15) is 10.6 Å². The quantitative estimate of drug-likeness (QED) is 0.779. The van der Waals surface area contributed by atoms with Gasteiger partial charge in [-0.05, 0) is 0 Å². The standard InChI is InChI=1S/C7H7F3N4O/c8-7(9,10)3-14-4-1-12-6(5(11)15)13-2-4/h1-2,14H,3H2,(H2,11,15). The van der Waals surface area contributed by atoms with Crippen molar-refractivity contribution >= 4 is 11.6 Å². The second-order valence-corrected chi connectivity index (χ2v) is 2.63. The molecule has 1 aromatic heterocycles. The smallest absolute Gasteiger partial charge is 0.374 e. The number of alkyl halides is 3. The Morgan fingerprint density at radius 1 is 1.40 bits per heavy atom. The van der Waals surface area contributed by atoms with Gasteiger partial charge in [0.25, 0.3) is 5.91 Å². The predicted molar refractivity (Wildman–Crippen MR) is 45.1 cm³/mol. The Morgan fingerprint density at radius 2 is 1.93 bits per heavy atom. The van der Waals surface area contributed by atoms with Gasteiger partial charge in [-0.25, -0.2) is 9.97 Å². The number of nitrogens with zero attached hydrogens (tertiary/aromatic N) is 2. The first-order valence-electron chi connectivity index (χ1n) is 3.81. The summed E-state index contributed by atoms with van der Waals surface area (Å²) in [4.78, 5) is 17.5. The van der Waals surface area contributed by atoms with Gasteiger partial charge in [-0.3, -0.25) is 4.79 Å². The van der Waals surface area contributed by atoms with Crippen LogP contribution in [0.4, 0.5) is 18.9 Å². The second-order valence-electron chi connectivity index (χ2n) is 2.63. The van der Waals surface area contributed by atoms with Crippen molar-refractivity contribution in [1.82, 2.24) is 9.97 Å². The number of halogens is 3. The molecule has 5 nitrogen and oxygen atoms in total. The van der Waals surface area contributed by atoms with Crippen molar-refractivity contribution in [2.45, 2.75) is 6.18 Å². The van der Waals surface area contributed by atoms with E-state index >= 15 is 0 Å². The van der Waals surface area contributed by atoms with Crippen molar-refractivity contribution in [3.8, 4) is 0 Å². The van der Waals surface area contributed by atoms with Gasteiger partial charge >= 0.3 is 6.18 Å². The number of rotatable bonds is 3. The molecule has 0 fully saturated rings. The van der Waals surface area contributed by atoms with Crippen LogP contribution in [0.25, 0.3) is 0 Å². The van der Waals surface area contributed by atoms with E-state index in [1.807, 2.05) is 5.32 Å². The van der Waals surface area contributed by atoms with Gasteiger partial charge in [0, 0.05) is 0 Å². The molecule has 0 aliphatic carbocycles. The molecule has 8 heteroatoms. The number of nitrogens with two attached hydrogens (primary N) is 1. The molecule has 82 valence electrons. The van der Waals surface area contributed by atoms with Crippen LogP contribution in [0.15, 0.2) is 12.4 Å². The van der Waals surface area contributed by atoms with E-state index in [0.717, 1.165) is 12.4 Å². The summed E-state index contributed by atoms with van der Waals surface area (Å²) in [5.41, 5.74) is 4.91. The maximum Gasteiger partial charge on any atom is 0.405 e. The van der Waals surface area contributed by atoms with E-state index < -0.39 is 18.6 Å². The highest BCUT2D eigenvalue weighted by atomic mass is 19.4. The number of primary amides is 1. The number of nitrogens with one attached hydrogen (secondary N) is 1. The molecular weight excluding hydrogens is 213 g/mol. The van der Waals surface area contributed by atoms with Gasteiger partial charge in [0.05, 0.1) is 18.1 Å². The van der Waals surface area contributed by atoms with Gasteiger partial charge in [0.15, 0.2) is 0 Å². The summed E-state index contributed by atoms with van der Waals surface area (Å²) in [6.45, 7) is -1.19. The largest absolute Gasteiger partial charge is 0.405 e. The number of amides is 1. The zero-order valence-corrected chi connectivity index (χ0v) is 7.38. The van der Waals surface area contributed by atoms with E-state index in [1.165, 1.54) is 0 Å². The van der Waals surface area contributed by atoms with Crippen LogP contribution in [0.2, 0.25) is 0 Å². The normalized spacial score (nSPS) is 11.1. The van der Waals surface area contributed by atoms with Crippen LogP contribution < -0.4 is 11.1 Å². The lowest BCUT2D eigenvalue weighted by Gasteiger charge is -2.08. The molecule has 0 aliphatic rings. The third-order valence-corrected chi connectivity index (χ3v) is 1.37. The average molecular weight is 220 g/mol. The van der Waals surface area contributed by atoms with Gasteiger partial charge in [-0.2, -0.15) is 13.2 Å². The molecule has 0 radical (unpaired) electrons. The van der Waals surface area contributed by atoms with E-state index in [1.54, 1.807) is 0 Å². The highest BCUT2D eigenvalue weighted by Crippen LogP contribution is 2.15. The Kier molecular flexibility index (Phi) is 3.08. The number of aromatic nitrogens is 2. The van der Waals surface area contributed by atoms with Crippen LogP contribution in [0.3, 0.4) is 0 Å². The first-order valence-corrected chi connectivity index (χ1v) is 3.81. The lowest BCUT2D eigenvalue weighted by atomic mass is 10.4. The number of carbonyl (C=O) groups excluding carboxylic acids is 1. The van der Waals surface area contributed by atoms with Crippen molar-refractivity contribution in [3.05, 3.63) is 18.2 Å². The van der Waals surface area contributed by atoms with Crippen molar-refractivity contribution in [3.63, 3.8) is 0 Å². The molecule has 0 aromatic carbocycles. The number of carbonyl (C=O) groups is 1. The fourth-order valence-electron chi connectivity index (χ4n) is 0.749. The molecule has 1 heterocycles. The highest BCUT2D eigenvalue weighted by Gasteiger charge is 2.26. The molecule has 0 saturated heterocycles. The number of hydrogen-bond acceptors (Lipinski definition) is 4. The summed E-state index contributed by atoms with van der Waals surface area (Å²) in [5.74, 6) is -1.08. The Bertz CT molecular complexity index is 348. The Morgan fingerprint density at radius 3 is 2.33 bits per heavy atom. The minimum atomic E-state index is -4.32. The molecular formula is C7H7F3N4O. The van der Waals surface area contributed by atoms with E-state index in [0.29, 0.717) is 0 Å². The Hall–Kier alpha value is -1.86. The highest BCUT2D eigenvalue weighted by molar-refractivity contribution is 5.88. The minimum absolute atomic E-state index is 0.0670. The molecule has 0 bridgehead atoms. The first kappa shape index (κ1) is 11.2. The van der Waals surface area contributed by atoms with Crippen molar-refractivity contribution in [2.24, 2.45) is 5.73 Å². The van der Waals surface area contributed by atoms with Crippen molar-refractivity contribution in [1.29, 1.82) is 0 Å². The minimum Gasteiger partial charge on any atom is -0.374 e. The van der Waals surface area contributed by atoms with Gasteiger partial charge in [0.1, 0.15) is 6.54 Å². The molecule has 1 rings (SSSR count). The lowest BCUT2D eigenvalue weighted by molar-refractivity contribution is -0.115. The van der Waals surface area contributed by atoms with Crippen molar-refractivity contribution < 1.29 is 18.0 Å². The van der Waals surface area contributed by atoms with Gasteiger partial charge < -0.3 is 11.1 Å². The molecule has 0 saturated carbocycles. The summed E-state index contributed by atoms with van der Waals surface area (Å²) >= 11 is 0. The Balaban J connectivity index is 2.61. The third-order valence-electron chi connectivity index (χ3n) is 1.37. The average Bonchev–Trinajstić information content (AvgIpc) is 2.14. The van der Waals surface area contributed by atoms with Gasteiger partial charge in [0.2, 0.25) is 5.82 Å². The summed E-state index contributed by atoms with van der Waals surface area (Å²) in [7, 11) is 0. The van der Waals surface area contributed by atoms with Gasteiger partial charge in [-0.15, -0.1) is 0 Å². The van der Waals surface area contributed by atoms with E-state index in [-0.39, 0.29) is 11.5 Å². The van der Waals surface area contributed by atoms with E-state index in [2.05, 4.69) is 9.97 Å². The summed E-state index contributed by atoms with van der Waals surface area (Å²) in [6.07, 6.45) is -2.21. The van der Waals surface area contributed by atoms with Crippen LogP contribution in [0, 0.1) is 0 Å². The molecule has 1 amide bonds. The van der Waals surface area contributed by atoms with E-state index in [4.69, 9.17) is 5.73 Å². The first-order chi connectivity index (χ1) is 6.88. The Labute approximate surface area is 82.5 Å². The molecule has 0 unspecified atom stereocenters. The zero-order chi connectivity index (χ0) is 11.5. The molecule has 0 spiro atoms. The molecule has 0 aliphatic heterocycles. The zero-order valence-electron chi connectivity index (χ0n) is 7.38. The summed E-state index contributed by atoms with van der Waals surface area (Å²) in [6, 6.07) is 0. The molecule has 1 aromatic rings. The molecule has 3 N–H and O–H groups in total. The number of hydrogen-bond donors (Lipinski definition) is 2. The molecule has 15 heavy (non-hydrogen) atoms. The summed E-state index contributed by atoms with van der Waals surface area (Å²) < 4.78 is 35.3. The topological polar surface area (TPSA) is 80.9 Å². The van der Waals surface area contributed by atoms with Crippen LogP contribution in [-0.2, 0) is 0 Å². The predicted octanol–water partition coefficient (Wildman–Crippen LogP) is 0.550. The lowest BCUT2D eigenvalue weighted by Crippen LogP contribution is -2.22. The molecule has 0 atom stereocenters. The maximum atomic E-state index is 11.8. The SMILES string of the molecule is NC(=O)c1ncc(NCC(F)(F)F)cn1. The second kappa shape index (κ2) is 4.11. The monoisotopic (exact) mass is 220 g/mol. The third kappa shape index (κ3) is 3.79. The van der Waals surface area contributed by atoms with Crippen LogP contribution >= 0.6 is 0 Å². The van der Waals surface area contributed by atoms with Crippen LogP contribution in [0.5, 0.6) is 0 Å².